The van der Waals surface area contributed by atoms with Crippen LogP contribution in [0.4, 0.5) is 0 Å². The molecule has 0 saturated carbocycles. The van der Waals surface area contributed by atoms with E-state index in [1.54, 1.807) is 42.7 Å². The van der Waals surface area contributed by atoms with E-state index < -0.39 is 5.91 Å². The van der Waals surface area contributed by atoms with Crippen LogP contribution in [-0.4, -0.2) is 16.4 Å². The number of nitrogens with one attached hydrogen (secondary N) is 1. The van der Waals surface area contributed by atoms with Crippen LogP contribution in [0.2, 0.25) is 10.0 Å². The van der Waals surface area contributed by atoms with E-state index in [0.717, 1.165) is 5.56 Å². The normalized spacial score (nSPS) is 11.5. The van der Waals surface area contributed by atoms with E-state index in [9.17, 15) is 9.59 Å². The molecule has 0 aliphatic rings. The molecule has 4 rings (SSSR count). The second-order valence-corrected chi connectivity index (χ2v) is 8.49. The van der Waals surface area contributed by atoms with Gasteiger partial charge in [-0.05, 0) is 42.0 Å². The lowest BCUT2D eigenvalue weighted by Gasteiger charge is -2.10. The van der Waals surface area contributed by atoms with Crippen molar-refractivity contribution in [3.8, 4) is 0 Å². The van der Waals surface area contributed by atoms with Crippen LogP contribution in [0, 0.1) is 0 Å². The third-order valence-corrected chi connectivity index (χ3v) is 5.97. The Labute approximate surface area is 197 Å². The minimum Gasteiger partial charge on any atom is -0.467 e. The van der Waals surface area contributed by atoms with Crippen molar-refractivity contribution in [2.45, 2.75) is 13.1 Å². The van der Waals surface area contributed by atoms with Crippen LogP contribution in [-0.2, 0) is 13.1 Å². The van der Waals surface area contributed by atoms with Crippen molar-refractivity contribution in [3.63, 3.8) is 0 Å². The maximum Gasteiger partial charge on any atom is 0.281 e. The summed E-state index contributed by atoms with van der Waals surface area (Å²) in [5, 5.41) is 5.37. The van der Waals surface area contributed by atoms with E-state index in [4.69, 9.17) is 27.6 Å². The summed E-state index contributed by atoms with van der Waals surface area (Å²) >= 11 is 13.4. The van der Waals surface area contributed by atoms with Gasteiger partial charge in [0.2, 0.25) is 0 Å². The van der Waals surface area contributed by atoms with Crippen LogP contribution in [0.15, 0.2) is 81.8 Å². The molecule has 0 aliphatic heterocycles. The van der Waals surface area contributed by atoms with Crippen molar-refractivity contribution >= 4 is 46.4 Å². The average Bonchev–Trinajstić information content (AvgIpc) is 3.45. The van der Waals surface area contributed by atoms with Crippen molar-refractivity contribution < 1.29 is 14.0 Å². The lowest BCUT2D eigenvalue weighted by molar-refractivity contribution is 0.0945. The summed E-state index contributed by atoms with van der Waals surface area (Å²) in [5.41, 5.74) is 1.60. The van der Waals surface area contributed by atoms with Gasteiger partial charge in [-0.1, -0.05) is 41.4 Å². The van der Waals surface area contributed by atoms with Crippen LogP contribution >= 0.6 is 34.5 Å². The number of amides is 2. The molecule has 2 aromatic heterocycles. The summed E-state index contributed by atoms with van der Waals surface area (Å²) < 4.78 is 7.07. The summed E-state index contributed by atoms with van der Waals surface area (Å²) in [5.74, 6) is -0.00816. The number of hydrogen-bond donors (Lipinski definition) is 1. The monoisotopic (exact) mass is 485 g/mol. The van der Waals surface area contributed by atoms with Gasteiger partial charge in [-0.15, -0.1) is 11.3 Å². The van der Waals surface area contributed by atoms with Gasteiger partial charge in [-0.25, -0.2) is 0 Å². The number of aromatic nitrogens is 1. The van der Waals surface area contributed by atoms with Crippen molar-refractivity contribution in [2.75, 3.05) is 0 Å². The van der Waals surface area contributed by atoms with E-state index in [1.807, 2.05) is 28.3 Å². The molecule has 4 aromatic rings. The Morgan fingerprint density at radius 2 is 1.91 bits per heavy atom. The number of hydrogen-bond acceptors (Lipinski definition) is 4. The highest BCUT2D eigenvalue weighted by atomic mass is 35.5. The highest BCUT2D eigenvalue weighted by Gasteiger charge is 2.14. The molecular weight excluding hydrogens is 469 g/mol. The Morgan fingerprint density at radius 3 is 2.69 bits per heavy atom. The van der Waals surface area contributed by atoms with Gasteiger partial charge in [0, 0.05) is 22.2 Å². The van der Waals surface area contributed by atoms with Crippen molar-refractivity contribution in [1.82, 2.24) is 9.88 Å². The molecular formula is C23H17Cl2N3O3S. The zero-order chi connectivity index (χ0) is 22.5. The Balaban J connectivity index is 1.56. The molecule has 0 bridgehead atoms. The Kier molecular flexibility index (Phi) is 6.90. The topological polar surface area (TPSA) is 76.6 Å². The second-order valence-electron chi connectivity index (χ2n) is 6.77. The number of thiazole rings is 1. The lowest BCUT2D eigenvalue weighted by Crippen LogP contribution is -2.25. The average molecular weight is 486 g/mol. The number of furan rings is 1. The predicted octanol–water partition coefficient (Wildman–Crippen LogP) is 5.17. The van der Waals surface area contributed by atoms with E-state index in [0.29, 0.717) is 34.2 Å². The fourth-order valence-corrected chi connectivity index (χ4v) is 4.27. The smallest absolute Gasteiger partial charge is 0.281 e. The van der Waals surface area contributed by atoms with Crippen LogP contribution in [0.5, 0.6) is 0 Å². The molecule has 0 unspecified atom stereocenters. The van der Waals surface area contributed by atoms with E-state index >= 15 is 0 Å². The summed E-state index contributed by atoms with van der Waals surface area (Å²) in [6, 6.07) is 15.5. The van der Waals surface area contributed by atoms with Gasteiger partial charge in [0.1, 0.15) is 5.76 Å². The molecule has 0 atom stereocenters. The largest absolute Gasteiger partial charge is 0.467 e. The van der Waals surface area contributed by atoms with Gasteiger partial charge >= 0.3 is 0 Å². The quantitative estimate of drug-likeness (QED) is 0.409. The Hall–Kier alpha value is -3.13. The van der Waals surface area contributed by atoms with Crippen LogP contribution in [0.25, 0.3) is 0 Å². The van der Waals surface area contributed by atoms with Crippen LogP contribution in [0.1, 0.15) is 32.0 Å². The lowest BCUT2D eigenvalue weighted by atomic mass is 10.1. The molecule has 32 heavy (non-hydrogen) atoms. The first-order valence-corrected chi connectivity index (χ1v) is 11.2. The Morgan fingerprint density at radius 1 is 1.06 bits per heavy atom. The third-order valence-electron chi connectivity index (χ3n) is 4.62. The summed E-state index contributed by atoms with van der Waals surface area (Å²) in [6.07, 6.45) is 3.38. The summed E-state index contributed by atoms with van der Waals surface area (Å²) in [7, 11) is 0. The van der Waals surface area contributed by atoms with Gasteiger partial charge in [-0.3, -0.25) is 9.59 Å². The third kappa shape index (κ3) is 5.19. The minimum atomic E-state index is -0.465. The van der Waals surface area contributed by atoms with Gasteiger partial charge in [0.15, 0.2) is 4.80 Å². The van der Waals surface area contributed by atoms with Crippen molar-refractivity contribution in [2.24, 2.45) is 4.99 Å². The molecule has 0 radical (unpaired) electrons. The van der Waals surface area contributed by atoms with Crippen molar-refractivity contribution in [3.05, 3.63) is 110 Å². The number of halogens is 2. The first-order chi connectivity index (χ1) is 15.5. The number of benzene rings is 2. The molecule has 0 spiro atoms. The number of carbonyl (C=O) groups is 2. The van der Waals surface area contributed by atoms with E-state index in [1.165, 1.54) is 17.4 Å². The van der Waals surface area contributed by atoms with Gasteiger partial charge in [-0.2, -0.15) is 4.99 Å². The van der Waals surface area contributed by atoms with Gasteiger partial charge in [0.05, 0.1) is 29.9 Å². The molecule has 0 aliphatic carbocycles. The molecule has 2 heterocycles. The fraction of sp³-hybridized carbons (Fsp3) is 0.0870. The molecule has 2 amide bonds. The van der Waals surface area contributed by atoms with Gasteiger partial charge < -0.3 is 14.3 Å². The molecule has 2 aromatic carbocycles. The highest BCUT2D eigenvalue weighted by molar-refractivity contribution is 7.07. The Bertz CT molecular complexity index is 1330. The maximum absolute atomic E-state index is 12.7. The summed E-state index contributed by atoms with van der Waals surface area (Å²) in [6.45, 7) is 0.664. The zero-order valence-corrected chi connectivity index (χ0v) is 19.0. The first-order valence-electron chi connectivity index (χ1n) is 9.58. The van der Waals surface area contributed by atoms with Gasteiger partial charge in [0.25, 0.3) is 11.8 Å². The minimum absolute atomic E-state index is 0.213. The molecule has 9 heteroatoms. The molecule has 162 valence electrons. The summed E-state index contributed by atoms with van der Waals surface area (Å²) in [4.78, 5) is 30.1. The highest BCUT2D eigenvalue weighted by Crippen LogP contribution is 2.21. The predicted molar refractivity (Wildman–Crippen MR) is 124 cm³/mol. The van der Waals surface area contributed by atoms with E-state index in [-0.39, 0.29) is 16.5 Å². The molecule has 0 saturated heterocycles. The van der Waals surface area contributed by atoms with E-state index in [2.05, 4.69) is 10.3 Å². The number of rotatable bonds is 6. The number of nitrogens with zero attached hydrogens (tertiary/aromatic N) is 2. The number of carbonyl (C=O) groups excluding carboxylic acids is 2. The molecule has 1 N–H and O–H groups in total. The van der Waals surface area contributed by atoms with Crippen LogP contribution < -0.4 is 10.1 Å². The molecule has 6 nitrogen and oxygen atoms in total. The van der Waals surface area contributed by atoms with Crippen LogP contribution in [0.3, 0.4) is 0 Å². The van der Waals surface area contributed by atoms with Crippen molar-refractivity contribution in [1.29, 1.82) is 0 Å². The second kappa shape index (κ2) is 9.99. The molecule has 0 fully saturated rings. The maximum atomic E-state index is 12.7. The first kappa shape index (κ1) is 22.1. The standard InChI is InChI=1S/C23H17Cl2N3O3S/c24-16-7-8-19(20(25)12-16)22(30)27-23-28(9-11-32-23)14-15-4-1-2-6-18(15)21(29)26-13-17-5-3-10-31-17/h1-12H,13-14H2,(H,26,29). The zero-order valence-electron chi connectivity index (χ0n) is 16.6. The SMILES string of the molecule is O=C(N=c1sccn1Cc1ccccc1C(=O)NCc1ccco1)c1ccc(Cl)cc1Cl. The fourth-order valence-electron chi connectivity index (χ4n) is 3.06.